The Morgan fingerprint density at radius 2 is 1.78 bits per heavy atom. The van der Waals surface area contributed by atoms with E-state index in [0.29, 0.717) is 23.0 Å². The fraction of sp³-hybridized carbons (Fsp3) is 0.250. The molecular weight excluding hydrogens is 348 g/mol. The standard InChI is InChI=1S/C20H22N2O5/c1-14(2)15-7-9-17(10-8-15)26-12-19(23)22-21-11-16-5-3-4-6-18(16)27-13-20(24)25/h3-11,14H,12-13H2,1-2H3,(H,22,23)(H,24,25)/p-1/b21-11-. The number of rotatable bonds is 9. The Morgan fingerprint density at radius 1 is 1.07 bits per heavy atom. The van der Waals surface area contributed by atoms with Crippen molar-refractivity contribution in [3.05, 3.63) is 59.7 Å². The summed E-state index contributed by atoms with van der Waals surface area (Å²) < 4.78 is 10.5. The molecule has 0 saturated carbocycles. The molecule has 1 amide bonds. The van der Waals surface area contributed by atoms with Crippen LogP contribution in [-0.2, 0) is 9.59 Å². The van der Waals surface area contributed by atoms with Gasteiger partial charge in [0.15, 0.2) is 6.61 Å². The van der Waals surface area contributed by atoms with Gasteiger partial charge in [-0.3, -0.25) is 4.79 Å². The van der Waals surface area contributed by atoms with Gasteiger partial charge in [-0.25, -0.2) is 5.43 Å². The first-order chi connectivity index (χ1) is 13.0. The second kappa shape index (κ2) is 9.96. The molecule has 142 valence electrons. The van der Waals surface area contributed by atoms with Crippen LogP contribution in [0.25, 0.3) is 0 Å². The third-order valence-electron chi connectivity index (χ3n) is 3.57. The summed E-state index contributed by atoms with van der Waals surface area (Å²) in [6.07, 6.45) is 1.36. The van der Waals surface area contributed by atoms with Crippen LogP contribution in [-0.4, -0.2) is 31.3 Å². The zero-order valence-corrected chi connectivity index (χ0v) is 15.2. The topological polar surface area (TPSA) is 100 Å². The van der Waals surface area contributed by atoms with E-state index in [0.717, 1.165) is 0 Å². The van der Waals surface area contributed by atoms with E-state index in [1.165, 1.54) is 11.8 Å². The van der Waals surface area contributed by atoms with Crippen LogP contribution in [0.2, 0.25) is 0 Å². The van der Waals surface area contributed by atoms with Crippen molar-refractivity contribution >= 4 is 18.1 Å². The summed E-state index contributed by atoms with van der Waals surface area (Å²) in [5.74, 6) is -0.406. The van der Waals surface area contributed by atoms with Gasteiger partial charge < -0.3 is 19.4 Å². The van der Waals surface area contributed by atoms with Crippen LogP contribution in [0.4, 0.5) is 0 Å². The third-order valence-corrected chi connectivity index (χ3v) is 3.57. The number of ether oxygens (including phenoxy) is 2. The average molecular weight is 369 g/mol. The number of hydrogen-bond donors (Lipinski definition) is 1. The number of hydrazone groups is 1. The lowest BCUT2D eigenvalue weighted by molar-refractivity contribution is -0.307. The number of carbonyl (C=O) groups excluding carboxylic acids is 2. The Bertz CT molecular complexity index is 800. The van der Waals surface area contributed by atoms with E-state index in [2.05, 4.69) is 24.4 Å². The van der Waals surface area contributed by atoms with Crippen molar-refractivity contribution in [2.45, 2.75) is 19.8 Å². The van der Waals surface area contributed by atoms with E-state index in [4.69, 9.17) is 9.47 Å². The molecule has 2 aromatic rings. The molecule has 2 aromatic carbocycles. The minimum atomic E-state index is -1.33. The minimum Gasteiger partial charge on any atom is -0.546 e. The van der Waals surface area contributed by atoms with Crippen molar-refractivity contribution in [3.8, 4) is 11.5 Å². The first kappa shape index (κ1) is 20.0. The fourth-order valence-electron chi connectivity index (χ4n) is 2.16. The van der Waals surface area contributed by atoms with Crippen molar-refractivity contribution in [2.75, 3.05) is 13.2 Å². The predicted octanol–water partition coefficient (Wildman–Crippen LogP) is 1.47. The highest BCUT2D eigenvalue weighted by atomic mass is 16.5. The highest BCUT2D eigenvalue weighted by Gasteiger charge is 2.04. The van der Waals surface area contributed by atoms with Crippen molar-refractivity contribution in [1.29, 1.82) is 0 Å². The fourth-order valence-corrected chi connectivity index (χ4v) is 2.16. The van der Waals surface area contributed by atoms with Crippen molar-refractivity contribution in [2.24, 2.45) is 5.10 Å². The first-order valence-electron chi connectivity index (χ1n) is 8.42. The molecule has 2 rings (SSSR count). The molecule has 0 unspecified atom stereocenters. The Balaban J connectivity index is 1.84. The highest BCUT2D eigenvalue weighted by molar-refractivity contribution is 5.85. The summed E-state index contributed by atoms with van der Waals surface area (Å²) in [4.78, 5) is 22.3. The van der Waals surface area contributed by atoms with E-state index in [1.807, 2.05) is 24.3 Å². The number of nitrogens with zero attached hydrogens (tertiary/aromatic N) is 1. The maximum absolute atomic E-state index is 11.8. The van der Waals surface area contributed by atoms with Crippen LogP contribution >= 0.6 is 0 Å². The van der Waals surface area contributed by atoms with Gasteiger partial charge in [0.1, 0.15) is 18.1 Å². The maximum atomic E-state index is 11.8. The molecule has 7 nitrogen and oxygen atoms in total. The van der Waals surface area contributed by atoms with Crippen molar-refractivity contribution in [3.63, 3.8) is 0 Å². The number of carboxylic acid groups (broad SMARTS) is 1. The molecule has 0 aliphatic carbocycles. The van der Waals surface area contributed by atoms with Gasteiger partial charge in [-0.05, 0) is 35.7 Å². The van der Waals surface area contributed by atoms with E-state index in [9.17, 15) is 14.7 Å². The molecule has 7 heteroatoms. The van der Waals surface area contributed by atoms with Crippen molar-refractivity contribution in [1.82, 2.24) is 5.43 Å². The molecule has 0 atom stereocenters. The molecule has 0 heterocycles. The van der Waals surface area contributed by atoms with Crippen LogP contribution in [0.1, 0.15) is 30.9 Å². The number of carbonyl (C=O) groups is 2. The smallest absolute Gasteiger partial charge is 0.277 e. The lowest BCUT2D eigenvalue weighted by Crippen LogP contribution is -2.29. The third kappa shape index (κ3) is 6.81. The number of hydrogen-bond acceptors (Lipinski definition) is 6. The lowest BCUT2D eigenvalue weighted by atomic mass is 10.0. The average Bonchev–Trinajstić information content (AvgIpc) is 2.66. The van der Waals surface area contributed by atoms with E-state index in [-0.39, 0.29) is 6.61 Å². The summed E-state index contributed by atoms with van der Waals surface area (Å²) in [6.45, 7) is 3.45. The van der Waals surface area contributed by atoms with E-state index in [1.54, 1.807) is 24.3 Å². The Morgan fingerprint density at radius 3 is 2.44 bits per heavy atom. The van der Waals surface area contributed by atoms with Crippen LogP contribution in [0.5, 0.6) is 11.5 Å². The van der Waals surface area contributed by atoms with Crippen molar-refractivity contribution < 1.29 is 24.2 Å². The minimum absolute atomic E-state index is 0.179. The van der Waals surface area contributed by atoms with Gasteiger partial charge in [0.2, 0.25) is 0 Å². The Labute approximate surface area is 157 Å². The Hall–Kier alpha value is -3.35. The normalized spacial score (nSPS) is 10.8. The number of carboxylic acids is 1. The van der Waals surface area contributed by atoms with Gasteiger partial charge in [-0.2, -0.15) is 5.10 Å². The van der Waals surface area contributed by atoms with Gasteiger partial charge in [0.25, 0.3) is 5.91 Å². The summed E-state index contributed by atoms with van der Waals surface area (Å²) in [6, 6.07) is 14.2. The highest BCUT2D eigenvalue weighted by Crippen LogP contribution is 2.18. The molecule has 1 N–H and O–H groups in total. The van der Waals surface area contributed by atoms with Gasteiger partial charge in [0.05, 0.1) is 12.2 Å². The second-order valence-electron chi connectivity index (χ2n) is 6.00. The lowest BCUT2D eigenvalue weighted by Gasteiger charge is -2.09. The zero-order valence-electron chi connectivity index (χ0n) is 15.2. The van der Waals surface area contributed by atoms with Gasteiger partial charge in [-0.1, -0.05) is 38.1 Å². The number of amides is 1. The number of nitrogens with one attached hydrogen (secondary N) is 1. The molecule has 0 aromatic heterocycles. The SMILES string of the molecule is CC(C)c1ccc(OCC(=O)N/N=C\c2ccccc2OCC(=O)[O-])cc1. The predicted molar refractivity (Wildman–Crippen MR) is 98.7 cm³/mol. The first-order valence-corrected chi connectivity index (χ1v) is 8.42. The van der Waals surface area contributed by atoms with E-state index < -0.39 is 18.5 Å². The zero-order chi connectivity index (χ0) is 19.6. The van der Waals surface area contributed by atoms with Crippen LogP contribution < -0.4 is 20.0 Å². The monoisotopic (exact) mass is 369 g/mol. The van der Waals surface area contributed by atoms with Crippen LogP contribution in [0.3, 0.4) is 0 Å². The summed E-state index contributed by atoms with van der Waals surface area (Å²) in [7, 11) is 0. The number of benzene rings is 2. The molecule has 0 aliphatic rings. The molecule has 0 bridgehead atoms. The maximum Gasteiger partial charge on any atom is 0.277 e. The molecule has 0 aliphatic heterocycles. The molecule has 0 fully saturated rings. The second-order valence-corrected chi connectivity index (χ2v) is 6.00. The molecule has 0 radical (unpaired) electrons. The molecule has 27 heavy (non-hydrogen) atoms. The summed E-state index contributed by atoms with van der Waals surface area (Å²) >= 11 is 0. The summed E-state index contributed by atoms with van der Waals surface area (Å²) in [5, 5.41) is 14.3. The van der Waals surface area contributed by atoms with Crippen LogP contribution in [0.15, 0.2) is 53.6 Å². The molecule has 0 spiro atoms. The Kier molecular flexibility index (Phi) is 7.37. The molecular formula is C20H21N2O5-. The largest absolute Gasteiger partial charge is 0.546 e. The van der Waals surface area contributed by atoms with Gasteiger partial charge in [-0.15, -0.1) is 0 Å². The van der Waals surface area contributed by atoms with E-state index >= 15 is 0 Å². The molecule has 0 saturated heterocycles. The summed E-state index contributed by atoms with van der Waals surface area (Å²) in [5.41, 5.74) is 4.05. The van der Waals surface area contributed by atoms with Crippen LogP contribution in [0, 0.1) is 0 Å². The quantitative estimate of drug-likeness (QED) is 0.533. The van der Waals surface area contributed by atoms with Gasteiger partial charge >= 0.3 is 0 Å². The van der Waals surface area contributed by atoms with Gasteiger partial charge in [0, 0.05) is 5.56 Å². The number of para-hydroxylation sites is 1. The number of aliphatic carboxylic acids is 1.